The fourth-order valence-electron chi connectivity index (χ4n) is 1.34. The van der Waals surface area contributed by atoms with Crippen molar-refractivity contribution < 1.29 is 21.3 Å². The molecule has 0 aromatic rings. The first-order valence-corrected chi connectivity index (χ1v) is 8.70. The quantitative estimate of drug-likeness (QED) is 0.320. The first-order valence-electron chi connectivity index (χ1n) is 6.42. The van der Waals surface area contributed by atoms with Gasteiger partial charge >= 0.3 is 0 Å². The van der Waals surface area contributed by atoms with Crippen LogP contribution in [0, 0.1) is 0 Å². The molecule has 18 heavy (non-hydrogen) atoms. The Morgan fingerprint density at radius 3 is 2.11 bits per heavy atom. The second-order valence-corrected chi connectivity index (χ2v) is 6.30. The zero-order valence-corrected chi connectivity index (χ0v) is 12.6. The zero-order valence-electron chi connectivity index (χ0n) is 11.0. The molecule has 0 bridgehead atoms. The Bertz CT molecular complexity index is 267. The summed E-state index contributed by atoms with van der Waals surface area (Å²) in [7, 11) is -3.87. The number of unbranched alkanes of at least 4 members (excludes halogenated alkanes) is 5. The molecule has 0 aromatic heterocycles. The lowest BCUT2D eigenvalue weighted by Crippen LogP contribution is -2.05. The highest BCUT2D eigenvalue weighted by Crippen LogP contribution is 2.09. The van der Waals surface area contributed by atoms with Crippen LogP contribution in [0.25, 0.3) is 0 Å². The minimum Gasteiger partial charge on any atom is -0.291 e. The fourth-order valence-corrected chi connectivity index (χ4v) is 2.27. The summed E-state index contributed by atoms with van der Waals surface area (Å²) >= 11 is 0.896. The zero-order chi connectivity index (χ0) is 13.7. The van der Waals surface area contributed by atoms with Crippen molar-refractivity contribution in [3.8, 4) is 0 Å². The van der Waals surface area contributed by atoms with E-state index in [1.165, 1.54) is 32.1 Å². The molecule has 0 atom stereocenters. The molecule has 0 unspecified atom stereocenters. The maximum atomic E-state index is 10.4. The normalized spacial score (nSPS) is 11.9. The lowest BCUT2D eigenvalue weighted by molar-refractivity contribution is 0.279. The number of rotatable bonds is 13. The predicted molar refractivity (Wildman–Crippen MR) is 73.9 cm³/mol. The molecule has 0 aromatic carbocycles. The largest absolute Gasteiger partial charge is 0.291 e. The van der Waals surface area contributed by atoms with Crippen LogP contribution in [0.4, 0.5) is 0 Å². The van der Waals surface area contributed by atoms with Crippen LogP contribution in [-0.4, -0.2) is 31.9 Å². The van der Waals surface area contributed by atoms with E-state index in [2.05, 4.69) is 6.92 Å². The van der Waals surface area contributed by atoms with Crippen molar-refractivity contribution in [3.63, 3.8) is 0 Å². The molecule has 1 N–H and O–H groups in total. The van der Waals surface area contributed by atoms with Gasteiger partial charge in [0.25, 0.3) is 10.1 Å². The molecular weight excluding hydrogens is 276 g/mol. The van der Waals surface area contributed by atoms with E-state index in [1.807, 2.05) is 0 Å². The number of hydrogen-bond donors (Lipinski definition) is 1. The summed E-state index contributed by atoms with van der Waals surface area (Å²) in [6, 6.07) is 0. The van der Waals surface area contributed by atoms with E-state index in [9.17, 15) is 8.42 Å². The van der Waals surface area contributed by atoms with Crippen LogP contribution in [0.3, 0.4) is 0 Å². The standard InChI is InChI=1S/C11H24O5S2/c1-2-3-4-5-6-7-9-15-17-16-10-8-11-18(12,13)14/h2-11H2,1H3,(H,12,13,14). The second kappa shape index (κ2) is 12.2. The monoisotopic (exact) mass is 300 g/mol. The van der Waals surface area contributed by atoms with E-state index in [0.29, 0.717) is 6.61 Å². The highest BCUT2D eigenvalue weighted by Gasteiger charge is 2.03. The van der Waals surface area contributed by atoms with Gasteiger partial charge in [0.2, 0.25) is 0 Å². The predicted octanol–water partition coefficient (Wildman–Crippen LogP) is 3.22. The lowest BCUT2D eigenvalue weighted by Gasteiger charge is -2.03. The van der Waals surface area contributed by atoms with Crippen LogP contribution in [0.15, 0.2) is 0 Å². The third kappa shape index (κ3) is 16.2. The van der Waals surface area contributed by atoms with Crippen LogP contribution in [-0.2, 0) is 18.5 Å². The molecule has 5 nitrogen and oxygen atoms in total. The molecule has 0 aliphatic carbocycles. The van der Waals surface area contributed by atoms with Gasteiger partial charge in [-0.15, -0.1) is 0 Å². The average molecular weight is 300 g/mol. The Kier molecular flexibility index (Phi) is 12.3. The van der Waals surface area contributed by atoms with E-state index >= 15 is 0 Å². The smallest absolute Gasteiger partial charge is 0.264 e. The van der Waals surface area contributed by atoms with Gasteiger partial charge in [-0.05, 0) is 12.8 Å². The van der Waals surface area contributed by atoms with Crippen molar-refractivity contribution in [2.45, 2.75) is 51.9 Å². The summed E-state index contributed by atoms with van der Waals surface area (Å²) in [5.41, 5.74) is 0. The van der Waals surface area contributed by atoms with Crippen molar-refractivity contribution in [2.24, 2.45) is 0 Å². The third-order valence-corrected chi connectivity index (χ3v) is 3.64. The molecule has 110 valence electrons. The molecule has 7 heteroatoms. The highest BCUT2D eigenvalue weighted by atomic mass is 32.2. The van der Waals surface area contributed by atoms with E-state index in [4.69, 9.17) is 12.9 Å². The summed E-state index contributed by atoms with van der Waals surface area (Å²) in [6.45, 7) is 3.09. The molecule has 0 aliphatic heterocycles. The van der Waals surface area contributed by atoms with Crippen LogP contribution in [0.1, 0.15) is 51.9 Å². The minimum absolute atomic E-state index is 0.251. The van der Waals surface area contributed by atoms with E-state index in [1.54, 1.807) is 0 Å². The molecule has 0 spiro atoms. The highest BCUT2D eigenvalue weighted by molar-refractivity contribution is 7.89. The van der Waals surface area contributed by atoms with Crippen molar-refractivity contribution in [1.82, 2.24) is 0 Å². The van der Waals surface area contributed by atoms with Crippen molar-refractivity contribution in [3.05, 3.63) is 0 Å². The van der Waals surface area contributed by atoms with Gasteiger partial charge in [0, 0.05) is 0 Å². The van der Waals surface area contributed by atoms with Crippen LogP contribution < -0.4 is 0 Å². The summed E-state index contributed by atoms with van der Waals surface area (Å²) in [4.78, 5) is 0. The van der Waals surface area contributed by atoms with Gasteiger partial charge in [0.15, 0.2) is 12.3 Å². The molecule has 0 heterocycles. The van der Waals surface area contributed by atoms with E-state index in [0.717, 1.165) is 18.7 Å². The molecule has 0 aliphatic rings. The molecule has 0 saturated heterocycles. The van der Waals surface area contributed by atoms with Gasteiger partial charge in [-0.3, -0.25) is 12.9 Å². The van der Waals surface area contributed by atoms with Crippen molar-refractivity contribution in [2.75, 3.05) is 19.0 Å². The summed E-state index contributed by atoms with van der Waals surface area (Å²) in [5.74, 6) is -0.273. The Labute approximate surface area is 115 Å². The Balaban J connectivity index is 3.03. The van der Waals surface area contributed by atoms with Crippen molar-refractivity contribution >= 4 is 22.4 Å². The lowest BCUT2D eigenvalue weighted by atomic mass is 10.1. The summed E-state index contributed by atoms with van der Waals surface area (Å²) in [5, 5.41) is 0. The molecule has 0 radical (unpaired) electrons. The average Bonchev–Trinajstić information content (AvgIpc) is 2.29. The molecule has 0 rings (SSSR count). The van der Waals surface area contributed by atoms with Crippen LogP contribution in [0.2, 0.25) is 0 Å². The van der Waals surface area contributed by atoms with Gasteiger partial charge in [-0.1, -0.05) is 39.0 Å². The molecule has 0 fully saturated rings. The van der Waals surface area contributed by atoms with Gasteiger partial charge in [-0.2, -0.15) is 8.42 Å². The molecular formula is C11H24O5S2. The topological polar surface area (TPSA) is 72.8 Å². The van der Waals surface area contributed by atoms with E-state index in [-0.39, 0.29) is 18.8 Å². The molecule has 0 amide bonds. The second-order valence-electron chi connectivity index (χ2n) is 4.12. The Morgan fingerprint density at radius 1 is 0.944 bits per heavy atom. The first kappa shape index (κ1) is 18.2. The van der Waals surface area contributed by atoms with Crippen molar-refractivity contribution in [1.29, 1.82) is 0 Å². The maximum absolute atomic E-state index is 10.4. The van der Waals surface area contributed by atoms with Gasteiger partial charge in [0.1, 0.15) is 0 Å². The fraction of sp³-hybridized carbons (Fsp3) is 1.00. The number of hydrogen-bond acceptors (Lipinski definition) is 5. The Morgan fingerprint density at radius 2 is 1.50 bits per heavy atom. The van der Waals surface area contributed by atoms with E-state index < -0.39 is 10.1 Å². The first-order chi connectivity index (χ1) is 8.56. The minimum atomic E-state index is -3.87. The van der Waals surface area contributed by atoms with Gasteiger partial charge < -0.3 is 0 Å². The van der Waals surface area contributed by atoms with Gasteiger partial charge in [0.05, 0.1) is 19.0 Å². The van der Waals surface area contributed by atoms with Crippen LogP contribution in [0.5, 0.6) is 0 Å². The molecule has 0 saturated carbocycles. The SMILES string of the molecule is CCCCCCCCOSOCCCS(=O)(=O)O. The third-order valence-electron chi connectivity index (χ3n) is 2.31. The maximum Gasteiger partial charge on any atom is 0.264 e. The summed E-state index contributed by atoms with van der Waals surface area (Å²) in [6.07, 6.45) is 7.55. The Hall–Kier alpha value is 0.180. The van der Waals surface area contributed by atoms with Gasteiger partial charge in [-0.25, -0.2) is 0 Å². The summed E-state index contributed by atoms with van der Waals surface area (Å²) < 4.78 is 39.4. The van der Waals surface area contributed by atoms with Crippen LogP contribution >= 0.6 is 12.3 Å².